The molecule has 1 N–H and O–H groups in total. The van der Waals surface area contributed by atoms with Crippen LogP contribution >= 0.6 is 0 Å². The molecule has 0 atom stereocenters. The number of hydrogen-bond donors (Lipinski definition) is 1. The number of hydrogen-bond acceptors (Lipinski definition) is 4. The summed E-state index contributed by atoms with van der Waals surface area (Å²) in [5.74, 6) is 0. The first-order valence-electron chi connectivity index (χ1n) is 7.43. The van der Waals surface area contributed by atoms with E-state index in [1.807, 2.05) is 0 Å². The zero-order chi connectivity index (χ0) is 17.3. The third-order valence-electron chi connectivity index (χ3n) is 3.45. The van der Waals surface area contributed by atoms with Crippen molar-refractivity contribution in [3.05, 3.63) is 36.4 Å². The molecule has 0 bridgehead atoms. The van der Waals surface area contributed by atoms with E-state index < -0.39 is 20.0 Å². The Kier molecular flexibility index (Phi) is 5.30. The summed E-state index contributed by atoms with van der Waals surface area (Å²) in [5.41, 5.74) is 0.717. The van der Waals surface area contributed by atoms with Gasteiger partial charge in [-0.25, -0.2) is 21.6 Å². The van der Waals surface area contributed by atoms with Crippen molar-refractivity contribution in [2.24, 2.45) is 0 Å². The molecule has 1 fully saturated rings. The molecule has 1 aromatic carbocycles. The molecule has 0 spiro atoms. The molecule has 0 heterocycles. The lowest BCUT2D eigenvalue weighted by molar-refractivity contribution is 0.452. The summed E-state index contributed by atoms with van der Waals surface area (Å²) in [5, 5.41) is 0. The predicted octanol–water partition coefficient (Wildman–Crippen LogP) is 1.71. The van der Waals surface area contributed by atoms with Crippen LogP contribution in [0.2, 0.25) is 0 Å². The molecule has 23 heavy (non-hydrogen) atoms. The molecular formula is C15H22N2O4S2. The molecule has 0 aliphatic heterocycles. The van der Waals surface area contributed by atoms with Crippen molar-refractivity contribution in [3.8, 4) is 0 Å². The normalized spacial score (nSPS) is 15.8. The molecule has 0 radical (unpaired) electrons. The average Bonchev–Trinajstić information content (AvgIpc) is 3.27. The first-order chi connectivity index (χ1) is 10.7. The fourth-order valence-corrected chi connectivity index (χ4v) is 5.09. The fraction of sp³-hybridized carbons (Fsp3) is 0.467. The number of rotatable bonds is 8. The van der Waals surface area contributed by atoms with Crippen molar-refractivity contribution >= 4 is 20.0 Å². The molecule has 8 heteroatoms. The van der Waals surface area contributed by atoms with Gasteiger partial charge >= 0.3 is 0 Å². The van der Waals surface area contributed by atoms with Crippen molar-refractivity contribution in [2.45, 2.75) is 42.5 Å². The van der Waals surface area contributed by atoms with Gasteiger partial charge in [0.2, 0.25) is 20.0 Å². The van der Waals surface area contributed by atoms with E-state index in [4.69, 9.17) is 0 Å². The van der Waals surface area contributed by atoms with Crippen molar-refractivity contribution in [2.75, 3.05) is 13.1 Å². The minimum absolute atomic E-state index is 0.0285. The van der Waals surface area contributed by atoms with Gasteiger partial charge < -0.3 is 0 Å². The number of likely N-dealkylation sites (N-methyl/N-ethyl adjacent to an activating group) is 1. The second-order valence-electron chi connectivity index (χ2n) is 5.76. The molecule has 1 saturated carbocycles. The smallest absolute Gasteiger partial charge is 0.208 e. The lowest BCUT2D eigenvalue weighted by Gasteiger charge is -2.21. The zero-order valence-electron chi connectivity index (χ0n) is 13.3. The summed E-state index contributed by atoms with van der Waals surface area (Å²) in [6.07, 6.45) is 1.64. The van der Waals surface area contributed by atoms with E-state index >= 15 is 0 Å². The maximum absolute atomic E-state index is 12.7. The van der Waals surface area contributed by atoms with Gasteiger partial charge in [-0.3, -0.25) is 0 Å². The van der Waals surface area contributed by atoms with E-state index in [0.717, 1.165) is 18.4 Å². The Morgan fingerprint density at radius 3 is 2.39 bits per heavy atom. The zero-order valence-corrected chi connectivity index (χ0v) is 15.0. The molecule has 0 saturated heterocycles. The summed E-state index contributed by atoms with van der Waals surface area (Å²) in [4.78, 5) is -0.0591. The fourth-order valence-electron chi connectivity index (χ4n) is 2.11. The van der Waals surface area contributed by atoms with Crippen molar-refractivity contribution < 1.29 is 16.8 Å². The minimum Gasteiger partial charge on any atom is -0.208 e. The molecule has 6 nitrogen and oxygen atoms in total. The van der Waals surface area contributed by atoms with E-state index in [9.17, 15) is 16.8 Å². The van der Waals surface area contributed by atoms with Crippen LogP contribution in [0, 0.1) is 0 Å². The van der Waals surface area contributed by atoms with E-state index in [2.05, 4.69) is 11.3 Å². The highest BCUT2D eigenvalue weighted by Crippen LogP contribution is 2.24. The van der Waals surface area contributed by atoms with E-state index in [-0.39, 0.29) is 28.9 Å². The third-order valence-corrected chi connectivity index (χ3v) is 6.89. The van der Waals surface area contributed by atoms with Crippen molar-refractivity contribution in [1.82, 2.24) is 9.03 Å². The Morgan fingerprint density at radius 2 is 1.87 bits per heavy atom. The maximum atomic E-state index is 12.7. The minimum atomic E-state index is -3.76. The van der Waals surface area contributed by atoms with Gasteiger partial charge in [-0.2, -0.15) is 4.31 Å². The Hall–Kier alpha value is -1.22. The highest BCUT2D eigenvalue weighted by Gasteiger charge is 2.29. The highest BCUT2D eigenvalue weighted by molar-refractivity contribution is 7.90. The van der Waals surface area contributed by atoms with Gasteiger partial charge in [-0.1, -0.05) is 25.1 Å². The van der Waals surface area contributed by atoms with Gasteiger partial charge in [0.05, 0.1) is 9.79 Å². The first-order valence-corrected chi connectivity index (χ1v) is 10.4. The quantitative estimate of drug-likeness (QED) is 0.717. The van der Waals surface area contributed by atoms with Crippen LogP contribution < -0.4 is 4.72 Å². The largest absolute Gasteiger partial charge is 0.243 e. The van der Waals surface area contributed by atoms with Crippen LogP contribution in [0.25, 0.3) is 0 Å². The molecule has 0 amide bonds. The molecular weight excluding hydrogens is 336 g/mol. The molecule has 128 valence electrons. The highest BCUT2D eigenvalue weighted by atomic mass is 32.2. The summed E-state index contributed by atoms with van der Waals surface area (Å²) >= 11 is 0. The number of nitrogens with one attached hydrogen (secondary N) is 1. The Labute approximate surface area is 138 Å². The number of benzene rings is 1. The Morgan fingerprint density at radius 1 is 1.26 bits per heavy atom. The standard InChI is InChI=1S/C15H22N2O4S2/c1-4-17(11-12(2)3)23(20,21)15-7-5-6-14(10-15)22(18,19)16-13-8-9-13/h5-7,10,13,16H,2,4,8-9,11H2,1,3H3. The van der Waals surface area contributed by atoms with Crippen molar-refractivity contribution in [3.63, 3.8) is 0 Å². The van der Waals surface area contributed by atoms with Crippen LogP contribution in [0.4, 0.5) is 0 Å². The lowest BCUT2D eigenvalue weighted by atomic mass is 10.3. The van der Waals surface area contributed by atoms with Crippen LogP contribution in [0.15, 0.2) is 46.2 Å². The molecule has 1 aromatic rings. The second kappa shape index (κ2) is 6.72. The summed E-state index contributed by atoms with van der Waals surface area (Å²) < 4.78 is 53.7. The molecule has 1 aliphatic carbocycles. The summed E-state index contributed by atoms with van der Waals surface area (Å²) in [6, 6.07) is 5.44. The lowest BCUT2D eigenvalue weighted by Crippen LogP contribution is -2.32. The van der Waals surface area contributed by atoms with Crippen LogP contribution in [0.3, 0.4) is 0 Å². The predicted molar refractivity (Wildman–Crippen MR) is 89.0 cm³/mol. The van der Waals surface area contributed by atoms with Crippen LogP contribution in [0.5, 0.6) is 0 Å². The summed E-state index contributed by atoms with van der Waals surface area (Å²) in [7, 11) is -7.45. The molecule has 0 unspecified atom stereocenters. The van der Waals surface area contributed by atoms with Crippen LogP contribution in [0.1, 0.15) is 26.7 Å². The molecule has 0 aromatic heterocycles. The average molecular weight is 358 g/mol. The number of sulfonamides is 2. The van der Waals surface area contributed by atoms with Crippen LogP contribution in [-0.4, -0.2) is 40.3 Å². The third kappa shape index (κ3) is 4.41. The van der Waals surface area contributed by atoms with Gasteiger partial charge in [-0.05, 0) is 38.0 Å². The van der Waals surface area contributed by atoms with E-state index in [1.165, 1.54) is 28.6 Å². The SMILES string of the molecule is C=C(C)CN(CC)S(=O)(=O)c1cccc(S(=O)(=O)NC2CC2)c1. The number of nitrogens with zero attached hydrogens (tertiary/aromatic N) is 1. The molecule has 2 rings (SSSR count). The van der Waals surface area contributed by atoms with Gasteiger partial charge in [-0.15, -0.1) is 0 Å². The van der Waals surface area contributed by atoms with Gasteiger partial charge in [0.15, 0.2) is 0 Å². The topological polar surface area (TPSA) is 83.6 Å². The molecule has 1 aliphatic rings. The second-order valence-corrected chi connectivity index (χ2v) is 9.41. The van der Waals surface area contributed by atoms with Gasteiger partial charge in [0.1, 0.15) is 0 Å². The first kappa shape index (κ1) is 18.1. The van der Waals surface area contributed by atoms with Crippen molar-refractivity contribution in [1.29, 1.82) is 0 Å². The summed E-state index contributed by atoms with van der Waals surface area (Å²) in [6.45, 7) is 7.70. The van der Waals surface area contributed by atoms with Gasteiger partial charge in [0, 0.05) is 19.1 Å². The van der Waals surface area contributed by atoms with Gasteiger partial charge in [0.25, 0.3) is 0 Å². The van der Waals surface area contributed by atoms with E-state index in [1.54, 1.807) is 13.8 Å². The van der Waals surface area contributed by atoms with Crippen LogP contribution in [-0.2, 0) is 20.0 Å². The Bertz CT molecular complexity index is 797. The van der Waals surface area contributed by atoms with E-state index in [0.29, 0.717) is 0 Å². The monoisotopic (exact) mass is 358 g/mol. The maximum Gasteiger partial charge on any atom is 0.243 e. The Balaban J connectivity index is 2.36.